The van der Waals surface area contributed by atoms with Crippen LogP contribution < -0.4 is 19.6 Å². The van der Waals surface area contributed by atoms with Crippen LogP contribution in [0.5, 0.6) is 0 Å². The first-order valence-electron chi connectivity index (χ1n) is 48.0. The van der Waals surface area contributed by atoms with Gasteiger partial charge in [-0.1, -0.05) is 304 Å². The Hall–Kier alpha value is -10.8. The molecule has 0 N–H and O–H groups in total. The second-order valence-electron chi connectivity index (χ2n) is 37.3. The van der Waals surface area contributed by atoms with Crippen LogP contribution >= 0.6 is 31.9 Å². The van der Waals surface area contributed by atoms with Crippen molar-refractivity contribution < 1.29 is 0 Å². The van der Waals surface area contributed by atoms with Gasteiger partial charge in [0.15, 0.2) is 0 Å². The first-order valence-corrected chi connectivity index (χ1v) is 49.6. The number of hydrogen-bond acceptors (Lipinski definition) is 4. The molecule has 0 aromatic heterocycles. The van der Waals surface area contributed by atoms with E-state index in [0.29, 0.717) is 0 Å². The first kappa shape index (κ1) is 92.0. The second-order valence-corrected chi connectivity index (χ2v) is 39.1. The van der Waals surface area contributed by atoms with Crippen LogP contribution in [-0.4, -0.2) is 0 Å². The summed E-state index contributed by atoms with van der Waals surface area (Å²) in [5.41, 5.74) is 49.4. The molecule has 14 aromatic carbocycles. The van der Waals surface area contributed by atoms with Crippen LogP contribution in [0.25, 0.3) is 22.3 Å². The van der Waals surface area contributed by atoms with E-state index in [9.17, 15) is 0 Å². The van der Waals surface area contributed by atoms with Crippen molar-refractivity contribution >= 4 is 100 Å². The third-order valence-electron chi connectivity index (χ3n) is 26.7. The smallest absolute Gasteiger partial charge is 0.0520 e. The number of unbranched alkanes of at least 4 members (excludes halogenated alkanes) is 12. The molecule has 0 spiro atoms. The van der Waals surface area contributed by atoms with E-state index in [4.69, 9.17) is 0 Å². The molecule has 0 amide bonds. The number of aryl methyl sites for hydroxylation is 16. The highest BCUT2D eigenvalue weighted by Gasteiger charge is 2.37. The SMILES string of the molecule is CCCCCCc1cc(CCCCCC)cc(C2c3cc(N(c4ccc(Br)cc4)c4c(C)cc(C)cc4C)ccc3-c3ccc(N(c4ccc(Br)cc4)c4c(C)cc(C)cc4C)cc32)c1.CCCCCCc1cc(CCCCCC)cc(C2c3cc(N(c4ccccc4)c4c(C)cc(C)cc4C)ccc3-c3ccc(N(c4ccccc4)c4c(C)cc(C)cc4C)cc32)c1. The monoisotopic (exact) mass is 1810 g/mol. The minimum atomic E-state index is 0.0591. The molecule has 0 fully saturated rings. The summed E-state index contributed by atoms with van der Waals surface area (Å²) in [5.74, 6) is 0.138. The maximum absolute atomic E-state index is 3.73. The van der Waals surface area contributed by atoms with Crippen molar-refractivity contribution in [1.29, 1.82) is 0 Å². The summed E-state index contributed by atoms with van der Waals surface area (Å²) in [4.78, 5) is 9.98. The molecule has 14 aromatic rings. The van der Waals surface area contributed by atoms with Crippen molar-refractivity contribution in [2.75, 3.05) is 19.6 Å². The predicted molar refractivity (Wildman–Crippen MR) is 561 cm³/mol. The normalized spacial score (nSPS) is 12.1. The highest BCUT2D eigenvalue weighted by molar-refractivity contribution is 9.10. The van der Waals surface area contributed by atoms with Gasteiger partial charge >= 0.3 is 0 Å². The minimum absolute atomic E-state index is 0.0591. The lowest BCUT2D eigenvalue weighted by Crippen LogP contribution is -2.14. The maximum Gasteiger partial charge on any atom is 0.0520 e. The third kappa shape index (κ3) is 20.7. The molecule has 0 heterocycles. The zero-order valence-corrected chi connectivity index (χ0v) is 82.4. The molecule has 6 heteroatoms. The van der Waals surface area contributed by atoms with E-state index in [-0.39, 0.29) is 11.8 Å². The topological polar surface area (TPSA) is 13.0 Å². The molecule has 128 heavy (non-hydrogen) atoms. The Labute approximate surface area is 785 Å². The van der Waals surface area contributed by atoms with Gasteiger partial charge in [0.05, 0.1) is 22.7 Å². The molecule has 0 saturated heterocycles. The molecule has 2 aliphatic carbocycles. The molecule has 2 aliphatic rings. The summed E-state index contributed by atoms with van der Waals surface area (Å²) >= 11 is 7.46. The quantitative estimate of drug-likeness (QED) is 0.0373. The molecule has 0 aliphatic heterocycles. The van der Waals surface area contributed by atoms with E-state index in [0.717, 1.165) is 46.0 Å². The molecule has 0 atom stereocenters. The predicted octanol–water partition coefficient (Wildman–Crippen LogP) is 37.3. The number of nitrogens with zero attached hydrogens (tertiary/aromatic N) is 4. The fraction of sp³-hybridized carbons (Fsp3) is 0.311. The van der Waals surface area contributed by atoms with Crippen LogP contribution in [0.15, 0.2) is 276 Å². The lowest BCUT2D eigenvalue weighted by molar-refractivity contribution is 0.660. The summed E-state index contributed by atoms with van der Waals surface area (Å²) in [7, 11) is 0. The van der Waals surface area contributed by atoms with Gasteiger partial charge in [0.25, 0.3) is 0 Å². The van der Waals surface area contributed by atoms with Gasteiger partial charge in [-0.15, -0.1) is 0 Å². The van der Waals surface area contributed by atoms with Gasteiger partial charge in [-0.2, -0.15) is 0 Å². The number of fused-ring (bicyclic) bond motifs is 6. The van der Waals surface area contributed by atoms with Crippen LogP contribution in [0.4, 0.5) is 68.2 Å². The molecular weight excluding hydrogens is 1680 g/mol. The number of halogens is 2. The van der Waals surface area contributed by atoms with Gasteiger partial charge in [0, 0.05) is 66.3 Å². The lowest BCUT2D eigenvalue weighted by Gasteiger charge is -2.30. The largest absolute Gasteiger partial charge is 0.310 e. The Kier molecular flexibility index (Phi) is 30.3. The van der Waals surface area contributed by atoms with Crippen LogP contribution in [0, 0.1) is 83.1 Å². The van der Waals surface area contributed by atoms with Gasteiger partial charge in [-0.05, 0) is 378 Å². The third-order valence-corrected chi connectivity index (χ3v) is 27.8. The zero-order chi connectivity index (χ0) is 89.8. The number of rotatable bonds is 34. The van der Waals surface area contributed by atoms with Crippen molar-refractivity contribution in [3.8, 4) is 22.3 Å². The van der Waals surface area contributed by atoms with Crippen molar-refractivity contribution in [2.45, 2.75) is 251 Å². The van der Waals surface area contributed by atoms with Crippen molar-refractivity contribution in [2.24, 2.45) is 0 Å². The molecule has 0 saturated carbocycles. The Bertz CT molecular complexity index is 5750. The summed E-state index contributed by atoms with van der Waals surface area (Å²) in [6.07, 6.45) is 24.8. The van der Waals surface area contributed by atoms with Gasteiger partial charge in [0.2, 0.25) is 0 Å². The number of benzene rings is 14. The Morgan fingerprint density at radius 3 is 0.641 bits per heavy atom. The summed E-state index contributed by atoms with van der Waals surface area (Å²) in [6.45, 7) is 36.2. The van der Waals surface area contributed by atoms with E-state index in [1.165, 1.54) is 304 Å². The van der Waals surface area contributed by atoms with Crippen molar-refractivity contribution in [3.63, 3.8) is 0 Å². The molecule has 0 unspecified atom stereocenters. The van der Waals surface area contributed by atoms with Gasteiger partial charge in [-0.25, -0.2) is 0 Å². The number of hydrogen-bond donors (Lipinski definition) is 0. The average molecular weight is 1820 g/mol. The Morgan fingerprint density at radius 1 is 0.211 bits per heavy atom. The summed E-state index contributed by atoms with van der Waals surface area (Å²) in [6, 6.07) is 103. The number of para-hydroxylation sites is 2. The fourth-order valence-corrected chi connectivity index (χ4v) is 21.9. The molecule has 0 bridgehead atoms. The Balaban J connectivity index is 0.000000197. The van der Waals surface area contributed by atoms with E-state index in [2.05, 4.69) is 429 Å². The van der Waals surface area contributed by atoms with E-state index < -0.39 is 0 Å². The standard InChI is InChI=1S/C61H66Br2N2.C61H68N2/c1-9-11-13-15-17-46-35-47(18-16-14-12-10-2)37-48(36-46)59-57-38-53(64(51-23-19-49(62)20-24-51)60-42(5)31-40(3)32-43(60)6)27-29-55(57)56-30-28-54(39-58(56)59)65(52-25-21-50(63)22-26-52)61-44(7)33-41(4)34-45(61)8;1-9-11-13-17-23-48-37-49(24-18-14-12-10-2)39-50(38-48)59-57-40-53(62(51-25-19-15-20-26-51)60-44(5)33-42(3)34-45(60)6)29-31-55(57)56-32-30-54(41-58(56)59)63(52-27-21-16-22-28-52)61-46(7)35-43(4)36-47(61)8/h19-39,59H,9-18H2,1-8H3;15-16,19-22,25-41,59H,9-14,17-18,23-24H2,1-8H3. The lowest BCUT2D eigenvalue weighted by atomic mass is 9.85. The minimum Gasteiger partial charge on any atom is -0.310 e. The van der Waals surface area contributed by atoms with E-state index in [1.807, 2.05) is 0 Å². The van der Waals surface area contributed by atoms with Gasteiger partial charge < -0.3 is 19.6 Å². The fourth-order valence-electron chi connectivity index (χ4n) is 21.3. The van der Waals surface area contributed by atoms with Crippen LogP contribution in [0.3, 0.4) is 0 Å². The van der Waals surface area contributed by atoms with Crippen molar-refractivity contribution in [1.82, 2.24) is 0 Å². The van der Waals surface area contributed by atoms with Crippen LogP contribution in [-0.2, 0) is 25.7 Å². The highest BCUT2D eigenvalue weighted by atomic mass is 79.9. The van der Waals surface area contributed by atoms with Gasteiger partial charge in [-0.3, -0.25) is 0 Å². The van der Waals surface area contributed by atoms with Crippen LogP contribution in [0.1, 0.15) is 265 Å². The van der Waals surface area contributed by atoms with Crippen LogP contribution in [0.2, 0.25) is 0 Å². The Morgan fingerprint density at radius 2 is 0.422 bits per heavy atom. The summed E-state index contributed by atoms with van der Waals surface area (Å²) < 4.78 is 2.15. The molecule has 656 valence electrons. The maximum atomic E-state index is 3.73. The van der Waals surface area contributed by atoms with Gasteiger partial charge in [0.1, 0.15) is 0 Å². The van der Waals surface area contributed by atoms with Crippen molar-refractivity contribution in [3.05, 3.63) is 398 Å². The zero-order valence-electron chi connectivity index (χ0n) is 79.2. The first-order chi connectivity index (χ1) is 62.1. The number of anilines is 12. The molecule has 4 nitrogen and oxygen atoms in total. The average Bonchev–Trinajstić information content (AvgIpc) is 1.58. The molecule has 16 rings (SSSR count). The highest BCUT2D eigenvalue weighted by Crippen LogP contribution is 2.57. The molecule has 0 radical (unpaired) electrons. The molecular formula is C122H134Br2N4. The van der Waals surface area contributed by atoms with E-state index >= 15 is 0 Å². The second kappa shape index (κ2) is 42.2. The van der Waals surface area contributed by atoms with E-state index in [1.54, 1.807) is 0 Å². The summed E-state index contributed by atoms with van der Waals surface area (Å²) in [5, 5.41) is 0.